The zero-order chi connectivity index (χ0) is 28.7. The minimum Gasteiger partial charge on any atom is -0.394 e. The molecule has 1 fully saturated rings. The molecule has 2 heterocycles. The summed E-state index contributed by atoms with van der Waals surface area (Å²) in [4.78, 5) is 37.3. The number of hydrogen-bond acceptors (Lipinski definition) is 8. The smallest absolute Gasteiger partial charge is 0.245 e. The Labute approximate surface area is 230 Å². The van der Waals surface area contributed by atoms with Crippen molar-refractivity contribution in [2.45, 2.75) is 72.5 Å². The van der Waals surface area contributed by atoms with E-state index in [1.54, 1.807) is 23.5 Å². The van der Waals surface area contributed by atoms with E-state index < -0.39 is 18.1 Å². The molecule has 2 amide bonds. The van der Waals surface area contributed by atoms with Gasteiger partial charge in [-0.15, -0.1) is 0 Å². The Balaban J connectivity index is 1.73. The topological polar surface area (TPSA) is 144 Å². The van der Waals surface area contributed by atoms with Crippen molar-refractivity contribution in [2.75, 3.05) is 13.2 Å². The Morgan fingerprint density at radius 2 is 1.87 bits per heavy atom. The second-order valence-corrected chi connectivity index (χ2v) is 11.3. The van der Waals surface area contributed by atoms with E-state index in [1.165, 1.54) is 0 Å². The van der Waals surface area contributed by atoms with Crippen molar-refractivity contribution in [2.24, 2.45) is 16.4 Å². The number of aliphatic hydroxyl groups is 1. The maximum atomic E-state index is 13.6. The zero-order valence-electron chi connectivity index (χ0n) is 23.7. The van der Waals surface area contributed by atoms with Gasteiger partial charge in [0.2, 0.25) is 11.8 Å². The molecule has 3 atom stereocenters. The first-order valence-corrected chi connectivity index (χ1v) is 13.4. The molecule has 10 nitrogen and oxygen atoms in total. The average molecular weight is 536 g/mol. The van der Waals surface area contributed by atoms with E-state index in [2.05, 4.69) is 25.7 Å². The first-order valence-electron chi connectivity index (χ1n) is 13.4. The van der Waals surface area contributed by atoms with Gasteiger partial charge in [-0.25, -0.2) is 5.53 Å². The summed E-state index contributed by atoms with van der Waals surface area (Å²) in [5.41, 5.74) is 10.9. The molecule has 0 bridgehead atoms. The molecular weight excluding hydrogens is 494 g/mol. The maximum absolute atomic E-state index is 13.6. The molecule has 1 aromatic carbocycles. The molecule has 1 aromatic heterocycles. The van der Waals surface area contributed by atoms with Gasteiger partial charge in [0.25, 0.3) is 0 Å². The lowest BCUT2D eigenvalue weighted by molar-refractivity contribution is -0.141. The SMILES string of the molecule is Cc1nccnc1-c1ccc([C@H](CO)NC(=O)[C@@H]2CCCN2C(=O)[C@@H](N/C=C(\N=N)C(C)(C)C)C(C)C)cc1. The number of aromatic nitrogens is 2. The van der Waals surface area contributed by atoms with E-state index in [4.69, 9.17) is 5.53 Å². The van der Waals surface area contributed by atoms with E-state index >= 15 is 0 Å². The summed E-state index contributed by atoms with van der Waals surface area (Å²) in [6.45, 7) is 11.8. The zero-order valence-corrected chi connectivity index (χ0v) is 23.7. The van der Waals surface area contributed by atoms with Crippen molar-refractivity contribution in [3.63, 3.8) is 0 Å². The van der Waals surface area contributed by atoms with Gasteiger partial charge in [-0.3, -0.25) is 19.6 Å². The highest BCUT2D eigenvalue weighted by Gasteiger charge is 2.38. The molecule has 10 heteroatoms. The molecule has 0 aliphatic carbocycles. The third-order valence-electron chi connectivity index (χ3n) is 7.03. The standard InChI is InChI=1S/C29H41N7O3/c1-18(2)25(33-16-24(35-30)29(4,5)6)28(39)36-15-7-8-23(36)27(38)34-22(17-37)20-9-11-21(12-10-20)26-19(3)31-13-14-32-26/h9-14,16,18,22-23,25,30,33,37H,7-8,15,17H2,1-6H3,(H,34,38)/b24-16-,35-30?/t22-,23-,25-/m0/s1. The molecule has 3 rings (SSSR count). The van der Waals surface area contributed by atoms with Crippen LogP contribution in [0.1, 0.15) is 64.8 Å². The largest absolute Gasteiger partial charge is 0.394 e. The summed E-state index contributed by atoms with van der Waals surface area (Å²) < 4.78 is 0. The second-order valence-electron chi connectivity index (χ2n) is 11.3. The molecule has 39 heavy (non-hydrogen) atoms. The van der Waals surface area contributed by atoms with Gasteiger partial charge in [0, 0.05) is 36.1 Å². The third-order valence-corrected chi connectivity index (χ3v) is 7.03. The molecular formula is C29H41N7O3. The number of benzene rings is 1. The van der Waals surface area contributed by atoms with Crippen LogP contribution in [0, 0.1) is 23.8 Å². The van der Waals surface area contributed by atoms with Crippen molar-refractivity contribution < 1.29 is 14.7 Å². The lowest BCUT2D eigenvalue weighted by atomic mass is 9.92. The number of amides is 2. The number of aliphatic hydroxyl groups excluding tert-OH is 1. The minimum atomic E-state index is -0.622. The number of carbonyl (C=O) groups excluding carboxylic acids is 2. The summed E-state index contributed by atoms with van der Waals surface area (Å²) in [6, 6.07) is 5.71. The van der Waals surface area contributed by atoms with Gasteiger partial charge in [-0.05, 0) is 31.2 Å². The van der Waals surface area contributed by atoms with Crippen LogP contribution in [0.3, 0.4) is 0 Å². The first kappa shape index (κ1) is 29.9. The molecule has 210 valence electrons. The van der Waals surface area contributed by atoms with Crippen LogP contribution in [-0.4, -0.2) is 57.0 Å². The highest BCUT2D eigenvalue weighted by atomic mass is 16.3. The number of aryl methyl sites for hydroxylation is 1. The lowest BCUT2D eigenvalue weighted by Crippen LogP contribution is -2.53. The fourth-order valence-corrected chi connectivity index (χ4v) is 4.68. The summed E-state index contributed by atoms with van der Waals surface area (Å²) in [5.74, 6) is -0.503. The van der Waals surface area contributed by atoms with Crippen LogP contribution in [0.25, 0.3) is 11.3 Å². The third kappa shape index (κ3) is 7.26. The molecule has 1 aliphatic heterocycles. The maximum Gasteiger partial charge on any atom is 0.245 e. The van der Waals surface area contributed by atoms with Gasteiger partial charge >= 0.3 is 0 Å². The van der Waals surface area contributed by atoms with E-state index in [1.807, 2.05) is 65.8 Å². The van der Waals surface area contributed by atoms with Gasteiger partial charge in [0.1, 0.15) is 12.1 Å². The van der Waals surface area contributed by atoms with Crippen LogP contribution in [0.2, 0.25) is 0 Å². The van der Waals surface area contributed by atoms with E-state index in [-0.39, 0.29) is 29.8 Å². The van der Waals surface area contributed by atoms with E-state index in [0.717, 1.165) is 28.9 Å². The van der Waals surface area contributed by atoms with Gasteiger partial charge < -0.3 is 20.6 Å². The van der Waals surface area contributed by atoms with Crippen molar-refractivity contribution in [3.05, 3.63) is 59.8 Å². The van der Waals surface area contributed by atoms with Crippen LogP contribution in [-0.2, 0) is 9.59 Å². The predicted molar refractivity (Wildman–Crippen MR) is 149 cm³/mol. The molecule has 0 unspecified atom stereocenters. The summed E-state index contributed by atoms with van der Waals surface area (Å²) in [7, 11) is 0. The number of allylic oxidation sites excluding steroid dienone is 1. The van der Waals surface area contributed by atoms with Crippen LogP contribution in [0.15, 0.2) is 53.7 Å². The monoisotopic (exact) mass is 535 g/mol. The number of rotatable bonds is 10. The van der Waals surface area contributed by atoms with E-state index in [0.29, 0.717) is 18.7 Å². The van der Waals surface area contributed by atoms with Crippen LogP contribution >= 0.6 is 0 Å². The highest BCUT2D eigenvalue weighted by molar-refractivity contribution is 5.90. The Kier molecular flexibility index (Phi) is 9.91. The van der Waals surface area contributed by atoms with Crippen LogP contribution in [0.5, 0.6) is 0 Å². The quantitative estimate of drug-likeness (QED) is 0.337. The molecule has 1 aliphatic rings. The van der Waals surface area contributed by atoms with Gasteiger partial charge in [0.15, 0.2) is 0 Å². The van der Waals surface area contributed by atoms with Crippen molar-refractivity contribution in [1.82, 2.24) is 25.5 Å². The number of nitrogens with zero attached hydrogens (tertiary/aromatic N) is 4. The first-order chi connectivity index (χ1) is 18.5. The molecule has 2 aromatic rings. The van der Waals surface area contributed by atoms with Gasteiger partial charge in [0.05, 0.1) is 29.7 Å². The Hall–Kier alpha value is -3.66. The normalized spacial score (nSPS) is 17.6. The van der Waals surface area contributed by atoms with Crippen molar-refractivity contribution in [3.8, 4) is 11.3 Å². The Morgan fingerprint density at radius 3 is 2.44 bits per heavy atom. The van der Waals surface area contributed by atoms with Gasteiger partial charge in [-0.2, -0.15) is 5.11 Å². The number of hydrogen-bond donors (Lipinski definition) is 4. The fourth-order valence-electron chi connectivity index (χ4n) is 4.68. The Bertz CT molecular complexity index is 1190. The van der Waals surface area contributed by atoms with Crippen molar-refractivity contribution in [1.29, 1.82) is 5.53 Å². The summed E-state index contributed by atoms with van der Waals surface area (Å²) in [5, 5.41) is 19.8. The molecule has 0 radical (unpaired) electrons. The molecule has 0 spiro atoms. The number of carbonyl (C=O) groups is 2. The highest BCUT2D eigenvalue weighted by Crippen LogP contribution is 2.27. The van der Waals surface area contributed by atoms with Crippen LogP contribution < -0.4 is 10.6 Å². The summed E-state index contributed by atoms with van der Waals surface area (Å²) in [6.07, 6.45) is 6.20. The lowest BCUT2D eigenvalue weighted by Gasteiger charge is -2.31. The van der Waals surface area contributed by atoms with Gasteiger partial charge in [-0.1, -0.05) is 58.9 Å². The Morgan fingerprint density at radius 1 is 1.21 bits per heavy atom. The second kappa shape index (κ2) is 12.9. The molecule has 4 N–H and O–H groups in total. The predicted octanol–water partition coefficient (Wildman–Crippen LogP) is 4.13. The molecule has 1 saturated heterocycles. The number of nitrogens with one attached hydrogen (secondary N) is 3. The average Bonchev–Trinajstić information content (AvgIpc) is 3.39. The van der Waals surface area contributed by atoms with E-state index in [9.17, 15) is 14.7 Å². The summed E-state index contributed by atoms with van der Waals surface area (Å²) >= 11 is 0. The fraction of sp³-hybridized carbons (Fsp3) is 0.517. The van der Waals surface area contributed by atoms with Crippen LogP contribution in [0.4, 0.5) is 0 Å². The molecule has 0 saturated carbocycles. The van der Waals surface area contributed by atoms with Crippen molar-refractivity contribution >= 4 is 11.8 Å². The minimum absolute atomic E-state index is 0.0494. The number of likely N-dealkylation sites (tertiary alicyclic amines) is 1.